The Kier molecular flexibility index (Phi) is 6.14. The lowest BCUT2D eigenvalue weighted by molar-refractivity contribution is -0.131. The maximum atomic E-state index is 12.4. The van der Waals surface area contributed by atoms with Gasteiger partial charge in [0, 0.05) is 32.2 Å². The van der Waals surface area contributed by atoms with Gasteiger partial charge in [-0.3, -0.25) is 9.69 Å². The molecule has 3 atom stereocenters. The molecular weight excluding hydrogens is 274 g/mol. The second-order valence-electron chi connectivity index (χ2n) is 5.82. The topological polar surface area (TPSA) is 58.8 Å². The molecule has 0 radical (unpaired) electrons. The van der Waals surface area contributed by atoms with Crippen LogP contribution in [-0.2, 0) is 9.53 Å². The van der Waals surface area contributed by atoms with Gasteiger partial charge in [0.2, 0.25) is 5.91 Å². The Bertz CT molecular complexity index is 324. The summed E-state index contributed by atoms with van der Waals surface area (Å²) in [5, 5.41) is 0. The van der Waals surface area contributed by atoms with E-state index in [2.05, 4.69) is 11.8 Å². The van der Waals surface area contributed by atoms with Crippen LogP contribution in [0.25, 0.3) is 0 Å². The van der Waals surface area contributed by atoms with Crippen LogP contribution in [0.2, 0.25) is 0 Å². The van der Waals surface area contributed by atoms with E-state index in [1.165, 1.54) is 0 Å². The number of hydrogen-bond donors (Lipinski definition) is 1. The highest BCUT2D eigenvalue weighted by Gasteiger charge is 2.37. The van der Waals surface area contributed by atoms with Crippen LogP contribution in [0.5, 0.6) is 0 Å². The Morgan fingerprint density at radius 3 is 2.75 bits per heavy atom. The molecule has 2 heterocycles. The Morgan fingerprint density at radius 1 is 1.40 bits per heavy atom. The van der Waals surface area contributed by atoms with Gasteiger partial charge in [0.1, 0.15) is 0 Å². The van der Waals surface area contributed by atoms with E-state index in [4.69, 9.17) is 10.5 Å². The molecule has 2 rings (SSSR count). The average molecular weight is 301 g/mol. The number of hydrogen-bond acceptors (Lipinski definition) is 5. The zero-order valence-electron chi connectivity index (χ0n) is 12.6. The molecule has 0 aromatic heterocycles. The molecule has 0 saturated carbocycles. The van der Waals surface area contributed by atoms with Crippen molar-refractivity contribution in [2.45, 2.75) is 25.4 Å². The van der Waals surface area contributed by atoms with Crippen molar-refractivity contribution in [3.05, 3.63) is 0 Å². The Labute approximate surface area is 126 Å². The third kappa shape index (κ3) is 3.87. The molecule has 0 bridgehead atoms. The van der Waals surface area contributed by atoms with Gasteiger partial charge < -0.3 is 15.4 Å². The van der Waals surface area contributed by atoms with Gasteiger partial charge >= 0.3 is 0 Å². The second kappa shape index (κ2) is 7.64. The van der Waals surface area contributed by atoms with Crippen molar-refractivity contribution in [2.24, 2.45) is 11.7 Å². The van der Waals surface area contributed by atoms with Gasteiger partial charge in [0.25, 0.3) is 0 Å². The van der Waals surface area contributed by atoms with Gasteiger partial charge in [-0.2, -0.15) is 11.8 Å². The molecule has 0 aromatic rings. The van der Waals surface area contributed by atoms with E-state index in [-0.39, 0.29) is 11.9 Å². The number of nitrogens with zero attached hydrogens (tertiary/aromatic N) is 2. The van der Waals surface area contributed by atoms with Crippen molar-refractivity contribution in [3.63, 3.8) is 0 Å². The fraction of sp³-hybridized carbons (Fsp3) is 0.929. The summed E-state index contributed by atoms with van der Waals surface area (Å²) >= 11 is 1.74. The highest BCUT2D eigenvalue weighted by atomic mass is 32.2. The van der Waals surface area contributed by atoms with Crippen LogP contribution in [0.15, 0.2) is 0 Å². The highest BCUT2D eigenvalue weighted by molar-refractivity contribution is 7.98. The van der Waals surface area contributed by atoms with Crippen LogP contribution in [0, 0.1) is 5.92 Å². The highest BCUT2D eigenvalue weighted by Crippen LogP contribution is 2.23. The third-order valence-electron chi connectivity index (χ3n) is 4.35. The van der Waals surface area contributed by atoms with Crippen LogP contribution >= 0.6 is 11.8 Å². The van der Waals surface area contributed by atoms with Gasteiger partial charge in [-0.15, -0.1) is 0 Å². The van der Waals surface area contributed by atoms with Gasteiger partial charge in [-0.1, -0.05) is 6.92 Å². The lowest BCUT2D eigenvalue weighted by Gasteiger charge is -2.34. The monoisotopic (exact) mass is 301 g/mol. The van der Waals surface area contributed by atoms with E-state index in [0.717, 1.165) is 51.6 Å². The third-order valence-corrected chi connectivity index (χ3v) is 4.99. The number of carbonyl (C=O) groups is 1. The standard InChI is InChI=1S/C14H27N3O2S/c1-11-9-17(14(18)12(15)3-8-20-2)10-13(11)16-4-6-19-7-5-16/h11-13H,3-10,15H2,1-2H3/t11?,12-,13?/m0/s1. The number of amides is 1. The van der Waals surface area contributed by atoms with Crippen molar-refractivity contribution in [3.8, 4) is 0 Å². The van der Waals surface area contributed by atoms with E-state index < -0.39 is 0 Å². The predicted molar refractivity (Wildman–Crippen MR) is 82.9 cm³/mol. The number of nitrogens with two attached hydrogens (primary N) is 1. The molecule has 2 N–H and O–H groups in total. The molecule has 116 valence electrons. The molecule has 2 aliphatic heterocycles. The summed E-state index contributed by atoms with van der Waals surface area (Å²) in [7, 11) is 0. The van der Waals surface area contributed by atoms with Crippen molar-refractivity contribution in [1.82, 2.24) is 9.80 Å². The molecule has 0 spiro atoms. The maximum absolute atomic E-state index is 12.4. The first-order chi connectivity index (χ1) is 9.63. The maximum Gasteiger partial charge on any atom is 0.239 e. The molecule has 0 aromatic carbocycles. The molecule has 2 aliphatic rings. The summed E-state index contributed by atoms with van der Waals surface area (Å²) < 4.78 is 5.41. The number of carbonyl (C=O) groups excluding carboxylic acids is 1. The number of likely N-dealkylation sites (tertiary alicyclic amines) is 1. The first kappa shape index (κ1) is 16.1. The normalized spacial score (nSPS) is 29.6. The van der Waals surface area contributed by atoms with E-state index in [0.29, 0.717) is 12.0 Å². The summed E-state index contributed by atoms with van der Waals surface area (Å²) in [4.78, 5) is 16.8. The number of thioether (sulfide) groups is 1. The zero-order valence-corrected chi connectivity index (χ0v) is 13.4. The lowest BCUT2D eigenvalue weighted by atomic mass is 10.0. The van der Waals surface area contributed by atoms with Crippen LogP contribution in [0.3, 0.4) is 0 Å². The quantitative estimate of drug-likeness (QED) is 0.788. The second-order valence-corrected chi connectivity index (χ2v) is 6.81. The van der Waals surface area contributed by atoms with Crippen LogP contribution < -0.4 is 5.73 Å². The van der Waals surface area contributed by atoms with E-state index in [9.17, 15) is 4.79 Å². The minimum Gasteiger partial charge on any atom is -0.379 e. The summed E-state index contributed by atoms with van der Waals surface area (Å²) in [6, 6.07) is 0.133. The zero-order chi connectivity index (χ0) is 14.5. The molecule has 2 unspecified atom stereocenters. The molecule has 0 aliphatic carbocycles. The van der Waals surface area contributed by atoms with Gasteiger partial charge in [0.15, 0.2) is 0 Å². The Balaban J connectivity index is 1.87. The molecule has 5 nitrogen and oxygen atoms in total. The van der Waals surface area contributed by atoms with Gasteiger partial charge in [-0.05, 0) is 24.3 Å². The molecule has 6 heteroatoms. The first-order valence-electron chi connectivity index (χ1n) is 7.48. The number of ether oxygens (including phenoxy) is 1. The lowest BCUT2D eigenvalue weighted by Crippen LogP contribution is -2.48. The summed E-state index contributed by atoms with van der Waals surface area (Å²) in [6.07, 6.45) is 2.82. The molecule has 2 saturated heterocycles. The molecule has 2 fully saturated rings. The van der Waals surface area contributed by atoms with Crippen molar-refractivity contribution >= 4 is 17.7 Å². The van der Waals surface area contributed by atoms with Crippen LogP contribution in [0.4, 0.5) is 0 Å². The van der Waals surface area contributed by atoms with Gasteiger partial charge in [-0.25, -0.2) is 0 Å². The van der Waals surface area contributed by atoms with Crippen LogP contribution in [-0.4, -0.2) is 79.2 Å². The van der Waals surface area contributed by atoms with Gasteiger partial charge in [0.05, 0.1) is 19.3 Å². The average Bonchev–Trinajstić information content (AvgIpc) is 2.86. The van der Waals surface area contributed by atoms with Crippen molar-refractivity contribution in [2.75, 3.05) is 51.4 Å². The number of rotatable bonds is 5. The number of morpholine rings is 1. The van der Waals surface area contributed by atoms with E-state index >= 15 is 0 Å². The molecule has 1 amide bonds. The Hall–Kier alpha value is -0.300. The fourth-order valence-corrected chi connectivity index (χ4v) is 3.61. The fourth-order valence-electron chi connectivity index (χ4n) is 3.12. The summed E-state index contributed by atoms with van der Waals surface area (Å²) in [6.45, 7) is 7.49. The smallest absolute Gasteiger partial charge is 0.239 e. The minimum absolute atomic E-state index is 0.127. The van der Waals surface area contributed by atoms with E-state index in [1.807, 2.05) is 11.2 Å². The van der Waals surface area contributed by atoms with Crippen molar-refractivity contribution < 1.29 is 9.53 Å². The minimum atomic E-state index is -0.335. The van der Waals surface area contributed by atoms with E-state index in [1.54, 1.807) is 11.8 Å². The molecule has 20 heavy (non-hydrogen) atoms. The van der Waals surface area contributed by atoms with Crippen molar-refractivity contribution in [1.29, 1.82) is 0 Å². The summed E-state index contributed by atoms with van der Waals surface area (Å²) in [5.41, 5.74) is 6.01. The SMILES string of the molecule is CSCC[C@H](N)C(=O)N1CC(C)C(N2CCOCC2)C1. The van der Waals surface area contributed by atoms with Crippen LogP contribution in [0.1, 0.15) is 13.3 Å². The molecular formula is C14H27N3O2S. The predicted octanol–water partition coefficient (Wildman–Crippen LogP) is 0.246. The first-order valence-corrected chi connectivity index (χ1v) is 8.88. The summed E-state index contributed by atoms with van der Waals surface area (Å²) in [5.74, 6) is 1.59. The largest absolute Gasteiger partial charge is 0.379 e. The Morgan fingerprint density at radius 2 is 2.10 bits per heavy atom.